The number of amides is 1. The number of carbonyl (C=O) groups is 1. The lowest BCUT2D eigenvalue weighted by molar-refractivity contribution is -0.122. The summed E-state index contributed by atoms with van der Waals surface area (Å²) in [5.41, 5.74) is 2.31. The average molecular weight is 224 g/mol. The van der Waals surface area contributed by atoms with Gasteiger partial charge in [-0.05, 0) is 36.5 Å². The van der Waals surface area contributed by atoms with Crippen LogP contribution in [0.1, 0.15) is 29.9 Å². The highest BCUT2D eigenvalue weighted by atomic mass is 35.5. The number of halogens is 1. The van der Waals surface area contributed by atoms with E-state index in [0.29, 0.717) is 12.3 Å². The number of benzene rings is 1. The zero-order chi connectivity index (χ0) is 10.8. The molecule has 0 aromatic heterocycles. The molecule has 0 bridgehead atoms. The Hall–Kier alpha value is -1.02. The Kier molecular flexibility index (Phi) is 2.96. The van der Waals surface area contributed by atoms with Gasteiger partial charge in [-0.25, -0.2) is 0 Å². The largest absolute Gasteiger partial charge is 0.356 e. The van der Waals surface area contributed by atoms with Crippen molar-refractivity contribution in [2.45, 2.75) is 25.7 Å². The summed E-state index contributed by atoms with van der Waals surface area (Å²) < 4.78 is 0. The smallest absolute Gasteiger partial charge is 0.220 e. The summed E-state index contributed by atoms with van der Waals surface area (Å²) >= 11 is 5.97. The second kappa shape index (κ2) is 4.23. The quantitative estimate of drug-likeness (QED) is 0.779. The predicted octanol–water partition coefficient (Wildman–Crippen LogP) is 2.64. The fourth-order valence-electron chi connectivity index (χ4n) is 1.99. The van der Waals surface area contributed by atoms with Crippen molar-refractivity contribution in [1.82, 2.24) is 5.32 Å². The van der Waals surface area contributed by atoms with Crippen LogP contribution in [0.15, 0.2) is 18.2 Å². The minimum Gasteiger partial charge on any atom is -0.356 e. The average Bonchev–Trinajstić information content (AvgIpc) is 2.22. The van der Waals surface area contributed by atoms with E-state index in [1.54, 1.807) is 0 Å². The van der Waals surface area contributed by atoms with E-state index < -0.39 is 0 Å². The van der Waals surface area contributed by atoms with Gasteiger partial charge in [0.2, 0.25) is 5.91 Å². The number of hydrogen-bond donors (Lipinski definition) is 1. The van der Waals surface area contributed by atoms with Gasteiger partial charge < -0.3 is 5.32 Å². The number of carbonyl (C=O) groups excluding carboxylic acids is 1. The zero-order valence-electron chi connectivity index (χ0n) is 8.72. The molecule has 1 aliphatic rings. The Bertz CT molecular complexity index is 389. The summed E-state index contributed by atoms with van der Waals surface area (Å²) in [5, 5.41) is 3.63. The lowest BCUT2D eigenvalue weighted by atomic mass is 9.89. The van der Waals surface area contributed by atoms with Crippen molar-refractivity contribution in [3.05, 3.63) is 34.3 Å². The van der Waals surface area contributed by atoms with Crippen molar-refractivity contribution in [3.63, 3.8) is 0 Å². The van der Waals surface area contributed by atoms with Crippen LogP contribution in [0, 0.1) is 6.92 Å². The molecule has 1 aromatic carbocycles. The summed E-state index contributed by atoms with van der Waals surface area (Å²) in [6.45, 7) is 2.78. The Morgan fingerprint density at radius 2 is 2.27 bits per heavy atom. The molecule has 15 heavy (non-hydrogen) atoms. The van der Waals surface area contributed by atoms with E-state index in [1.807, 2.05) is 19.1 Å². The highest BCUT2D eigenvalue weighted by Gasteiger charge is 2.20. The second-order valence-corrected chi connectivity index (χ2v) is 4.46. The fourth-order valence-corrected chi connectivity index (χ4v) is 2.11. The topological polar surface area (TPSA) is 29.1 Å². The summed E-state index contributed by atoms with van der Waals surface area (Å²) in [7, 11) is 0. The number of hydrogen-bond acceptors (Lipinski definition) is 1. The van der Waals surface area contributed by atoms with Gasteiger partial charge in [-0.15, -0.1) is 0 Å². The SMILES string of the molecule is Cc1cc([C@H]2CCNC(=O)C2)ccc1Cl. The minimum atomic E-state index is 0.152. The Labute approximate surface area is 94.6 Å². The zero-order valence-corrected chi connectivity index (χ0v) is 9.47. The standard InChI is InChI=1S/C12H14ClNO/c1-8-6-9(2-3-11(8)13)10-4-5-14-12(15)7-10/h2-3,6,10H,4-5,7H2,1H3,(H,14,15)/t10-/m0/s1. The van der Waals surface area contributed by atoms with Crippen LogP contribution in [-0.2, 0) is 4.79 Å². The maximum atomic E-state index is 11.3. The number of piperidine rings is 1. The first-order valence-electron chi connectivity index (χ1n) is 5.19. The van der Waals surface area contributed by atoms with E-state index >= 15 is 0 Å². The van der Waals surface area contributed by atoms with E-state index in [4.69, 9.17) is 11.6 Å². The highest BCUT2D eigenvalue weighted by Crippen LogP contribution is 2.28. The summed E-state index contributed by atoms with van der Waals surface area (Å²) in [5.74, 6) is 0.508. The summed E-state index contributed by atoms with van der Waals surface area (Å²) in [6, 6.07) is 6.03. The van der Waals surface area contributed by atoms with Gasteiger partial charge >= 0.3 is 0 Å². The lowest BCUT2D eigenvalue weighted by Gasteiger charge is -2.22. The molecule has 0 unspecified atom stereocenters. The third-order valence-corrected chi connectivity index (χ3v) is 3.32. The molecule has 80 valence electrons. The first kappa shape index (κ1) is 10.5. The second-order valence-electron chi connectivity index (χ2n) is 4.05. The van der Waals surface area contributed by atoms with Crippen LogP contribution in [0.2, 0.25) is 5.02 Å². The minimum absolute atomic E-state index is 0.152. The molecule has 2 rings (SSSR count). The normalized spacial score (nSPS) is 21.2. The van der Waals surface area contributed by atoms with Gasteiger partial charge in [-0.2, -0.15) is 0 Å². The maximum Gasteiger partial charge on any atom is 0.220 e. The third-order valence-electron chi connectivity index (χ3n) is 2.90. The molecule has 0 spiro atoms. The van der Waals surface area contributed by atoms with Crippen LogP contribution in [0.4, 0.5) is 0 Å². The van der Waals surface area contributed by atoms with Crippen LogP contribution < -0.4 is 5.32 Å². The predicted molar refractivity (Wildman–Crippen MR) is 61.2 cm³/mol. The Morgan fingerprint density at radius 1 is 1.47 bits per heavy atom. The molecule has 0 radical (unpaired) electrons. The molecule has 1 heterocycles. The van der Waals surface area contributed by atoms with Gasteiger partial charge in [0, 0.05) is 18.0 Å². The molecule has 1 atom stereocenters. The van der Waals surface area contributed by atoms with Crippen LogP contribution in [0.3, 0.4) is 0 Å². The molecule has 0 saturated carbocycles. The molecular weight excluding hydrogens is 210 g/mol. The Morgan fingerprint density at radius 3 is 2.93 bits per heavy atom. The van der Waals surface area contributed by atoms with Crippen LogP contribution in [-0.4, -0.2) is 12.5 Å². The lowest BCUT2D eigenvalue weighted by Crippen LogP contribution is -2.32. The van der Waals surface area contributed by atoms with Gasteiger partial charge in [0.1, 0.15) is 0 Å². The van der Waals surface area contributed by atoms with Crippen molar-refractivity contribution < 1.29 is 4.79 Å². The van der Waals surface area contributed by atoms with E-state index in [0.717, 1.165) is 23.6 Å². The molecule has 2 nitrogen and oxygen atoms in total. The number of nitrogens with one attached hydrogen (secondary N) is 1. The van der Waals surface area contributed by atoms with Gasteiger partial charge in [0.05, 0.1) is 0 Å². The van der Waals surface area contributed by atoms with Crippen LogP contribution >= 0.6 is 11.6 Å². The maximum absolute atomic E-state index is 11.3. The van der Waals surface area contributed by atoms with Crippen molar-refractivity contribution >= 4 is 17.5 Å². The number of rotatable bonds is 1. The fraction of sp³-hybridized carbons (Fsp3) is 0.417. The molecule has 1 fully saturated rings. The van der Waals surface area contributed by atoms with E-state index in [2.05, 4.69) is 11.4 Å². The Balaban J connectivity index is 2.21. The van der Waals surface area contributed by atoms with Crippen molar-refractivity contribution in [1.29, 1.82) is 0 Å². The van der Waals surface area contributed by atoms with Crippen molar-refractivity contribution in [3.8, 4) is 0 Å². The molecule has 0 aliphatic carbocycles. The van der Waals surface area contributed by atoms with E-state index in [-0.39, 0.29) is 5.91 Å². The number of aryl methyl sites for hydroxylation is 1. The van der Waals surface area contributed by atoms with Crippen LogP contribution in [0.5, 0.6) is 0 Å². The molecule has 1 aliphatic heterocycles. The first-order chi connectivity index (χ1) is 7.16. The van der Waals surface area contributed by atoms with Crippen molar-refractivity contribution in [2.75, 3.05) is 6.54 Å². The molecule has 1 aromatic rings. The third kappa shape index (κ3) is 2.32. The van der Waals surface area contributed by atoms with Gasteiger partial charge in [-0.3, -0.25) is 4.79 Å². The first-order valence-corrected chi connectivity index (χ1v) is 5.57. The van der Waals surface area contributed by atoms with Crippen LogP contribution in [0.25, 0.3) is 0 Å². The van der Waals surface area contributed by atoms with E-state index in [9.17, 15) is 4.79 Å². The molecule has 1 amide bonds. The van der Waals surface area contributed by atoms with Gasteiger partial charge in [0.25, 0.3) is 0 Å². The van der Waals surface area contributed by atoms with Gasteiger partial charge in [-0.1, -0.05) is 23.7 Å². The monoisotopic (exact) mass is 223 g/mol. The van der Waals surface area contributed by atoms with E-state index in [1.165, 1.54) is 5.56 Å². The molecule has 3 heteroatoms. The molecule has 1 saturated heterocycles. The van der Waals surface area contributed by atoms with Crippen molar-refractivity contribution in [2.24, 2.45) is 0 Å². The van der Waals surface area contributed by atoms with Gasteiger partial charge in [0.15, 0.2) is 0 Å². The molecule has 1 N–H and O–H groups in total. The summed E-state index contributed by atoms with van der Waals surface area (Å²) in [4.78, 5) is 11.3. The summed E-state index contributed by atoms with van der Waals surface area (Å²) in [6.07, 6.45) is 1.62. The highest BCUT2D eigenvalue weighted by molar-refractivity contribution is 6.31. The molecular formula is C12H14ClNO.